The molecular weight excluding hydrogens is 650 g/mol. The van der Waals surface area contributed by atoms with Gasteiger partial charge >= 0.3 is 12.4 Å². The second kappa shape index (κ2) is 11.6. The SMILES string of the molecule is C#Cc1cnc2c(C#N)cc(N[C@H](C3=CN(C4(C(F)(F)F)CC4)NN3)c3cccc4c(=O)n(C)ccc34)cc2c1NCC(C)(C)C(F)(F)F. The van der Waals surface area contributed by atoms with Gasteiger partial charge in [-0.15, -0.1) is 12.0 Å². The number of hydrazine groups is 2. The fourth-order valence-electron chi connectivity index (χ4n) is 5.81. The molecule has 0 saturated heterocycles. The molecule has 1 aliphatic heterocycles. The van der Waals surface area contributed by atoms with E-state index < -0.39 is 35.9 Å². The first-order valence-corrected chi connectivity index (χ1v) is 15.1. The minimum absolute atomic E-state index is 0.0642. The topological polar surface area (TPSA) is 110 Å². The van der Waals surface area contributed by atoms with Gasteiger partial charge in [-0.05, 0) is 61.9 Å². The Morgan fingerprint density at radius 3 is 2.45 bits per heavy atom. The number of aromatic nitrogens is 2. The smallest absolute Gasteiger partial charge is 0.383 e. The Labute approximate surface area is 276 Å². The van der Waals surface area contributed by atoms with E-state index in [9.17, 15) is 36.4 Å². The Hall–Kier alpha value is -5.41. The number of halogens is 6. The molecule has 4 N–H and O–H groups in total. The van der Waals surface area contributed by atoms with Gasteiger partial charge in [0.05, 0.1) is 39.5 Å². The molecule has 1 saturated carbocycles. The summed E-state index contributed by atoms with van der Waals surface area (Å²) in [5, 5.41) is 18.3. The lowest BCUT2D eigenvalue weighted by Gasteiger charge is -2.29. The van der Waals surface area contributed by atoms with Gasteiger partial charge in [-0.1, -0.05) is 18.1 Å². The molecule has 2 aromatic heterocycles. The van der Waals surface area contributed by atoms with E-state index in [2.05, 4.69) is 38.6 Å². The van der Waals surface area contributed by atoms with E-state index in [1.807, 2.05) is 0 Å². The summed E-state index contributed by atoms with van der Waals surface area (Å²) < 4.78 is 84.8. The largest absolute Gasteiger partial charge is 0.413 e. The molecule has 1 fully saturated rings. The molecule has 2 aliphatic rings. The number of anilines is 2. The van der Waals surface area contributed by atoms with E-state index >= 15 is 0 Å². The first-order valence-electron chi connectivity index (χ1n) is 15.1. The summed E-state index contributed by atoms with van der Waals surface area (Å²) in [6.45, 7) is 1.54. The van der Waals surface area contributed by atoms with Crippen LogP contribution in [0.4, 0.5) is 37.7 Å². The maximum atomic E-state index is 14.1. The normalized spacial score (nSPS) is 16.5. The number of aryl methyl sites for hydroxylation is 1. The van der Waals surface area contributed by atoms with Crippen molar-refractivity contribution in [3.05, 3.63) is 87.7 Å². The molecule has 6 rings (SSSR count). The average Bonchev–Trinajstić information content (AvgIpc) is 3.74. The number of rotatable bonds is 8. The molecule has 0 spiro atoms. The third-order valence-corrected chi connectivity index (χ3v) is 9.11. The van der Waals surface area contributed by atoms with Gasteiger partial charge < -0.3 is 20.6 Å². The lowest BCUT2D eigenvalue weighted by Crippen LogP contribution is -2.52. The predicted octanol–water partition coefficient (Wildman–Crippen LogP) is 6.35. The zero-order valence-corrected chi connectivity index (χ0v) is 26.4. The predicted molar refractivity (Wildman–Crippen MR) is 172 cm³/mol. The van der Waals surface area contributed by atoms with Gasteiger partial charge in [-0.2, -0.15) is 31.6 Å². The molecule has 2 aromatic carbocycles. The number of nitrogens with zero attached hydrogens (tertiary/aromatic N) is 4. The van der Waals surface area contributed by atoms with Crippen LogP contribution in [0.15, 0.2) is 65.5 Å². The van der Waals surface area contributed by atoms with E-state index in [4.69, 9.17) is 6.42 Å². The number of hydrogen-bond acceptors (Lipinski definition) is 8. The van der Waals surface area contributed by atoms with E-state index in [0.29, 0.717) is 16.3 Å². The summed E-state index contributed by atoms with van der Waals surface area (Å²) in [5.41, 5.74) is 2.56. The lowest BCUT2D eigenvalue weighted by atomic mass is 9.92. The van der Waals surface area contributed by atoms with Crippen molar-refractivity contribution in [1.82, 2.24) is 25.5 Å². The summed E-state index contributed by atoms with van der Waals surface area (Å²) in [7, 11) is 1.59. The van der Waals surface area contributed by atoms with Crippen LogP contribution in [-0.4, -0.2) is 39.0 Å². The summed E-state index contributed by atoms with van der Waals surface area (Å²) in [4.78, 5) is 17.4. The van der Waals surface area contributed by atoms with Crippen molar-refractivity contribution in [1.29, 1.82) is 5.26 Å². The van der Waals surface area contributed by atoms with Crippen molar-refractivity contribution in [2.24, 2.45) is 12.5 Å². The van der Waals surface area contributed by atoms with Crippen LogP contribution >= 0.6 is 0 Å². The minimum Gasteiger partial charge on any atom is -0.383 e. The quantitative estimate of drug-likeness (QED) is 0.126. The van der Waals surface area contributed by atoms with E-state index in [1.54, 1.807) is 43.6 Å². The maximum absolute atomic E-state index is 14.1. The fraction of sp³-hybridized carbons (Fsp3) is 0.324. The van der Waals surface area contributed by atoms with Crippen LogP contribution in [0.25, 0.3) is 21.7 Å². The van der Waals surface area contributed by atoms with Gasteiger partial charge in [-0.3, -0.25) is 14.8 Å². The van der Waals surface area contributed by atoms with Crippen LogP contribution in [0, 0.1) is 29.1 Å². The van der Waals surface area contributed by atoms with Gasteiger partial charge in [0.1, 0.15) is 6.07 Å². The maximum Gasteiger partial charge on any atom is 0.413 e. The minimum atomic E-state index is -4.54. The molecule has 49 heavy (non-hydrogen) atoms. The third-order valence-electron chi connectivity index (χ3n) is 9.11. The van der Waals surface area contributed by atoms with E-state index in [0.717, 1.165) is 18.9 Å². The first-order chi connectivity index (χ1) is 23.0. The number of hydrogen-bond donors (Lipinski definition) is 4. The highest BCUT2D eigenvalue weighted by molar-refractivity contribution is 5.99. The van der Waals surface area contributed by atoms with Crippen molar-refractivity contribution in [2.45, 2.75) is 50.6 Å². The zero-order valence-electron chi connectivity index (χ0n) is 26.4. The highest BCUT2D eigenvalue weighted by atomic mass is 19.4. The molecule has 1 aliphatic carbocycles. The number of terminal acetylenes is 1. The molecule has 0 bridgehead atoms. The van der Waals surface area contributed by atoms with E-state index in [-0.39, 0.29) is 57.5 Å². The molecule has 3 heterocycles. The molecule has 15 heteroatoms. The number of alkyl halides is 6. The Kier molecular flexibility index (Phi) is 7.95. The van der Waals surface area contributed by atoms with Crippen LogP contribution in [0.3, 0.4) is 0 Å². The summed E-state index contributed by atoms with van der Waals surface area (Å²) >= 11 is 0. The van der Waals surface area contributed by atoms with Gasteiger partial charge in [0, 0.05) is 48.6 Å². The number of fused-ring (bicyclic) bond motifs is 2. The standard InChI is InChI=1S/C34H30F6N8O/c1-5-19-16-42-28-20(15-41)13-21(14-25(28)27(19)43-18-31(2,3)33(35,36)37)44-29(23-7-6-8-24-22(23)9-12-47(4)30(24)49)26-17-48(46-45-26)32(10-11-32)34(38,39)40/h1,6-9,12-14,16-17,29,44-46H,10-11,18H2,2-4H3,(H,42,43)/t29-/m0/s1. The van der Waals surface area contributed by atoms with Gasteiger partial charge in [-0.25, -0.2) is 0 Å². The van der Waals surface area contributed by atoms with Crippen molar-refractivity contribution >= 4 is 33.1 Å². The van der Waals surface area contributed by atoms with Gasteiger partial charge in [0.15, 0.2) is 5.54 Å². The number of nitrogens with one attached hydrogen (secondary N) is 4. The van der Waals surface area contributed by atoms with Gasteiger partial charge in [0.2, 0.25) is 0 Å². The first kappa shape index (κ1) is 33.5. The van der Waals surface area contributed by atoms with Crippen molar-refractivity contribution in [2.75, 3.05) is 17.2 Å². The Bertz CT molecular complexity index is 2150. The number of nitriles is 1. The lowest BCUT2D eigenvalue weighted by molar-refractivity contribution is -0.206. The Morgan fingerprint density at radius 1 is 1.08 bits per heavy atom. The highest BCUT2D eigenvalue weighted by Gasteiger charge is 2.67. The molecule has 1 atom stereocenters. The molecule has 4 aromatic rings. The van der Waals surface area contributed by atoms with Crippen molar-refractivity contribution in [3.8, 4) is 18.4 Å². The molecule has 0 radical (unpaired) electrons. The Morgan fingerprint density at radius 2 is 1.82 bits per heavy atom. The van der Waals surface area contributed by atoms with Crippen LogP contribution in [-0.2, 0) is 7.05 Å². The van der Waals surface area contributed by atoms with Crippen LogP contribution in [0.1, 0.15) is 49.4 Å². The average molecular weight is 681 g/mol. The third kappa shape index (κ3) is 5.74. The molecule has 0 unspecified atom stereocenters. The number of pyridine rings is 2. The Balaban J connectivity index is 1.50. The van der Waals surface area contributed by atoms with Gasteiger partial charge in [0.25, 0.3) is 5.56 Å². The molecule has 0 amide bonds. The monoisotopic (exact) mass is 680 g/mol. The second-order valence-electron chi connectivity index (χ2n) is 12.8. The molecular formula is C34H30F6N8O. The summed E-state index contributed by atoms with van der Waals surface area (Å²) in [5.74, 6) is 2.43. The van der Waals surface area contributed by atoms with Crippen molar-refractivity contribution in [3.63, 3.8) is 0 Å². The molecule has 254 valence electrons. The highest BCUT2D eigenvalue weighted by Crippen LogP contribution is 2.54. The van der Waals surface area contributed by atoms with Crippen molar-refractivity contribution < 1.29 is 26.3 Å². The summed E-state index contributed by atoms with van der Waals surface area (Å²) in [6.07, 6.45) is 0.608. The zero-order chi connectivity index (χ0) is 35.5. The molecule has 9 nitrogen and oxygen atoms in total. The van der Waals surface area contributed by atoms with Crippen LogP contribution < -0.4 is 27.2 Å². The summed E-state index contributed by atoms with van der Waals surface area (Å²) in [6, 6.07) is 10.9. The second-order valence-corrected chi connectivity index (χ2v) is 12.8. The number of benzene rings is 2. The van der Waals surface area contributed by atoms with E-state index in [1.165, 1.54) is 23.0 Å². The van der Waals surface area contributed by atoms with Crippen LogP contribution in [0.5, 0.6) is 0 Å². The fourth-order valence-corrected chi connectivity index (χ4v) is 5.81. The van der Waals surface area contributed by atoms with Crippen LogP contribution in [0.2, 0.25) is 0 Å².